The van der Waals surface area contributed by atoms with E-state index < -0.39 is 12.2 Å². The molecule has 2 atom stereocenters. The lowest BCUT2D eigenvalue weighted by molar-refractivity contribution is 0.0247. The van der Waals surface area contributed by atoms with Gasteiger partial charge < -0.3 is 21.7 Å². The van der Waals surface area contributed by atoms with E-state index in [1.165, 1.54) is 0 Å². The van der Waals surface area contributed by atoms with Crippen LogP contribution in [0.3, 0.4) is 0 Å². The molecule has 0 radical (unpaired) electrons. The topological polar surface area (TPSA) is 92.5 Å². The van der Waals surface area contributed by atoms with Gasteiger partial charge >= 0.3 is 0 Å². The molecule has 0 spiro atoms. The first-order valence-electron chi connectivity index (χ1n) is 4.17. The molecule has 1 aromatic rings. The van der Waals surface area contributed by atoms with Gasteiger partial charge in [0.25, 0.3) is 0 Å². The van der Waals surface area contributed by atoms with Crippen LogP contribution in [0.4, 0.5) is 5.69 Å². The summed E-state index contributed by atoms with van der Waals surface area (Å²) in [5, 5.41) is 19.0. The Morgan fingerprint density at radius 2 is 2.00 bits per heavy atom. The third kappa shape index (κ3) is 2.45. The summed E-state index contributed by atoms with van der Waals surface area (Å²) in [5.41, 5.74) is 11.8. The molecular formula is C9H13BrN2O2. The highest BCUT2D eigenvalue weighted by Crippen LogP contribution is 2.26. The number of anilines is 1. The molecule has 1 rings (SSSR count). The predicted molar refractivity (Wildman–Crippen MR) is 58.6 cm³/mol. The second-order valence-electron chi connectivity index (χ2n) is 3.02. The van der Waals surface area contributed by atoms with Crippen molar-refractivity contribution in [1.29, 1.82) is 0 Å². The Bertz CT molecular complexity index is 320. The fraction of sp³-hybridized carbons (Fsp3) is 0.333. The van der Waals surface area contributed by atoms with Crippen molar-refractivity contribution in [2.45, 2.75) is 12.2 Å². The van der Waals surface area contributed by atoms with E-state index in [4.69, 9.17) is 11.5 Å². The van der Waals surface area contributed by atoms with E-state index in [9.17, 15) is 10.2 Å². The fourth-order valence-electron chi connectivity index (χ4n) is 1.14. The van der Waals surface area contributed by atoms with E-state index in [0.29, 0.717) is 11.3 Å². The van der Waals surface area contributed by atoms with E-state index in [0.717, 1.165) is 4.47 Å². The van der Waals surface area contributed by atoms with Crippen molar-refractivity contribution in [2.24, 2.45) is 5.73 Å². The molecular weight excluding hydrogens is 248 g/mol. The number of halogens is 1. The van der Waals surface area contributed by atoms with Crippen molar-refractivity contribution in [2.75, 3.05) is 12.3 Å². The van der Waals surface area contributed by atoms with Gasteiger partial charge in [0.2, 0.25) is 0 Å². The summed E-state index contributed by atoms with van der Waals surface area (Å²) in [6.45, 7) is -0.00683. The predicted octanol–water partition coefficient (Wildman–Crippen LogP) is 0.384. The van der Waals surface area contributed by atoms with Gasteiger partial charge in [-0.05, 0) is 18.2 Å². The minimum absolute atomic E-state index is 0.00683. The van der Waals surface area contributed by atoms with Crippen molar-refractivity contribution < 1.29 is 10.2 Å². The first kappa shape index (κ1) is 11.5. The Hall–Kier alpha value is -0.620. The Balaban J connectivity index is 2.99. The highest BCUT2D eigenvalue weighted by atomic mass is 79.9. The summed E-state index contributed by atoms with van der Waals surface area (Å²) in [7, 11) is 0. The van der Waals surface area contributed by atoms with Crippen LogP contribution in [-0.4, -0.2) is 22.9 Å². The van der Waals surface area contributed by atoms with Crippen LogP contribution in [0.1, 0.15) is 11.7 Å². The van der Waals surface area contributed by atoms with Crippen LogP contribution in [0, 0.1) is 0 Å². The second kappa shape index (κ2) is 4.75. The van der Waals surface area contributed by atoms with E-state index in [2.05, 4.69) is 15.9 Å². The molecule has 0 heterocycles. The van der Waals surface area contributed by atoms with Crippen molar-refractivity contribution in [3.8, 4) is 0 Å². The largest absolute Gasteiger partial charge is 0.398 e. The standard InChI is InChI=1S/C9H13BrN2O2/c10-5-1-2-7(12)6(3-5)9(14)8(13)4-11/h1-3,8-9,13-14H,4,11-12H2. The second-order valence-corrected chi connectivity index (χ2v) is 3.94. The van der Waals surface area contributed by atoms with Crippen LogP contribution >= 0.6 is 15.9 Å². The van der Waals surface area contributed by atoms with Crippen LogP contribution in [0.15, 0.2) is 22.7 Å². The molecule has 0 saturated carbocycles. The highest BCUT2D eigenvalue weighted by Gasteiger charge is 2.19. The molecule has 78 valence electrons. The zero-order valence-electron chi connectivity index (χ0n) is 7.52. The molecule has 0 saturated heterocycles. The molecule has 6 N–H and O–H groups in total. The van der Waals surface area contributed by atoms with Gasteiger partial charge in [-0.15, -0.1) is 0 Å². The molecule has 4 nitrogen and oxygen atoms in total. The lowest BCUT2D eigenvalue weighted by atomic mass is 10.0. The van der Waals surface area contributed by atoms with Crippen LogP contribution in [0.2, 0.25) is 0 Å². The number of rotatable bonds is 3. The lowest BCUT2D eigenvalue weighted by Crippen LogP contribution is -2.27. The van der Waals surface area contributed by atoms with Gasteiger partial charge in [-0.3, -0.25) is 0 Å². The Labute approximate surface area is 90.7 Å². The number of hydrogen-bond acceptors (Lipinski definition) is 4. The Kier molecular flexibility index (Phi) is 3.88. The van der Waals surface area contributed by atoms with Gasteiger partial charge in [-0.2, -0.15) is 0 Å². The maximum absolute atomic E-state index is 9.66. The number of nitrogen functional groups attached to an aromatic ring is 1. The minimum Gasteiger partial charge on any atom is -0.398 e. The van der Waals surface area contributed by atoms with Crippen molar-refractivity contribution >= 4 is 21.6 Å². The van der Waals surface area contributed by atoms with Crippen molar-refractivity contribution in [3.05, 3.63) is 28.2 Å². The maximum atomic E-state index is 9.66. The number of aliphatic hydroxyl groups is 2. The van der Waals surface area contributed by atoms with Crippen LogP contribution in [0.25, 0.3) is 0 Å². The maximum Gasteiger partial charge on any atom is 0.108 e. The van der Waals surface area contributed by atoms with Gasteiger partial charge in [0.05, 0.1) is 6.10 Å². The van der Waals surface area contributed by atoms with E-state index >= 15 is 0 Å². The summed E-state index contributed by atoms with van der Waals surface area (Å²) >= 11 is 3.26. The molecule has 0 bridgehead atoms. The van der Waals surface area contributed by atoms with E-state index in [1.54, 1.807) is 18.2 Å². The normalized spacial score (nSPS) is 15.1. The number of aliphatic hydroxyl groups excluding tert-OH is 2. The zero-order chi connectivity index (χ0) is 10.7. The minimum atomic E-state index is -1.04. The molecule has 0 fully saturated rings. The smallest absolute Gasteiger partial charge is 0.108 e. The van der Waals surface area contributed by atoms with Gasteiger partial charge in [-0.25, -0.2) is 0 Å². The zero-order valence-corrected chi connectivity index (χ0v) is 9.11. The molecule has 2 unspecified atom stereocenters. The molecule has 0 aromatic heterocycles. The first-order chi connectivity index (χ1) is 6.56. The van der Waals surface area contributed by atoms with E-state index in [-0.39, 0.29) is 6.54 Å². The Morgan fingerprint density at radius 3 is 2.57 bits per heavy atom. The Morgan fingerprint density at radius 1 is 1.36 bits per heavy atom. The quantitative estimate of drug-likeness (QED) is 0.592. The lowest BCUT2D eigenvalue weighted by Gasteiger charge is -2.18. The number of hydrogen-bond donors (Lipinski definition) is 4. The SMILES string of the molecule is NCC(O)C(O)c1cc(Br)ccc1N. The summed E-state index contributed by atoms with van der Waals surface area (Å²) in [5.74, 6) is 0. The fourth-order valence-corrected chi connectivity index (χ4v) is 1.52. The van der Waals surface area contributed by atoms with Gasteiger partial charge in [-0.1, -0.05) is 15.9 Å². The molecule has 14 heavy (non-hydrogen) atoms. The molecule has 1 aromatic carbocycles. The third-order valence-corrected chi connectivity index (χ3v) is 2.47. The summed E-state index contributed by atoms with van der Waals surface area (Å²) in [6, 6.07) is 5.09. The molecule has 0 amide bonds. The van der Waals surface area contributed by atoms with Crippen molar-refractivity contribution in [1.82, 2.24) is 0 Å². The van der Waals surface area contributed by atoms with Crippen molar-refractivity contribution in [3.63, 3.8) is 0 Å². The van der Waals surface area contributed by atoms with Crippen LogP contribution < -0.4 is 11.5 Å². The molecule has 0 aliphatic carbocycles. The number of nitrogens with two attached hydrogens (primary N) is 2. The average molecular weight is 261 g/mol. The average Bonchev–Trinajstić information content (AvgIpc) is 2.19. The molecule has 0 aliphatic heterocycles. The number of benzene rings is 1. The monoisotopic (exact) mass is 260 g/mol. The van der Waals surface area contributed by atoms with Gasteiger partial charge in [0.15, 0.2) is 0 Å². The van der Waals surface area contributed by atoms with Gasteiger partial charge in [0.1, 0.15) is 6.10 Å². The highest BCUT2D eigenvalue weighted by molar-refractivity contribution is 9.10. The third-order valence-electron chi connectivity index (χ3n) is 1.97. The summed E-state index contributed by atoms with van der Waals surface area (Å²) in [4.78, 5) is 0. The summed E-state index contributed by atoms with van der Waals surface area (Å²) < 4.78 is 0.796. The van der Waals surface area contributed by atoms with E-state index in [1.807, 2.05) is 0 Å². The van der Waals surface area contributed by atoms with Crippen LogP contribution in [-0.2, 0) is 0 Å². The summed E-state index contributed by atoms with van der Waals surface area (Å²) in [6.07, 6.45) is -2.04. The first-order valence-corrected chi connectivity index (χ1v) is 4.96. The van der Waals surface area contributed by atoms with Crippen LogP contribution in [0.5, 0.6) is 0 Å². The van der Waals surface area contributed by atoms with Gasteiger partial charge in [0, 0.05) is 22.3 Å². The molecule has 0 aliphatic rings. The molecule has 5 heteroatoms.